The molecule has 96 valence electrons. The van der Waals surface area contributed by atoms with Crippen LogP contribution in [0, 0.1) is 0 Å². The van der Waals surface area contributed by atoms with Crippen molar-refractivity contribution in [3.8, 4) is 0 Å². The molecule has 1 fully saturated rings. The van der Waals surface area contributed by atoms with Crippen molar-refractivity contribution in [2.45, 2.75) is 57.6 Å². The molecule has 3 atom stereocenters. The average molecular weight is 239 g/mol. The van der Waals surface area contributed by atoms with Crippen LogP contribution in [0.4, 0.5) is 0 Å². The Morgan fingerprint density at radius 1 is 1.47 bits per heavy atom. The molecule has 1 aromatic heterocycles. The van der Waals surface area contributed by atoms with Crippen molar-refractivity contribution < 1.29 is 9.26 Å². The molecule has 0 aromatic carbocycles. The topological polar surface area (TPSA) is 74.2 Å². The molecule has 1 aliphatic heterocycles. The Morgan fingerprint density at radius 3 is 3.00 bits per heavy atom. The fourth-order valence-electron chi connectivity index (χ4n) is 2.32. The summed E-state index contributed by atoms with van der Waals surface area (Å²) in [6, 6.07) is -0.111. The lowest BCUT2D eigenvalue weighted by atomic mass is 10.00. The average Bonchev–Trinajstić information content (AvgIpc) is 2.97. The van der Waals surface area contributed by atoms with Crippen LogP contribution in [0.15, 0.2) is 4.52 Å². The predicted molar refractivity (Wildman–Crippen MR) is 63.5 cm³/mol. The zero-order chi connectivity index (χ0) is 12.3. The van der Waals surface area contributed by atoms with E-state index in [2.05, 4.69) is 24.0 Å². The molecule has 1 saturated heterocycles. The third-order valence-electron chi connectivity index (χ3n) is 3.32. The van der Waals surface area contributed by atoms with Crippen LogP contribution < -0.4 is 5.73 Å². The van der Waals surface area contributed by atoms with Crippen LogP contribution in [0.5, 0.6) is 0 Å². The molecule has 0 radical (unpaired) electrons. The molecule has 2 rings (SSSR count). The van der Waals surface area contributed by atoms with E-state index in [-0.39, 0.29) is 18.1 Å². The van der Waals surface area contributed by atoms with Crippen molar-refractivity contribution in [2.75, 3.05) is 6.61 Å². The maximum atomic E-state index is 5.97. The molecule has 0 bridgehead atoms. The molecule has 2 heterocycles. The minimum absolute atomic E-state index is 0.111. The molecular formula is C12H21N3O2. The summed E-state index contributed by atoms with van der Waals surface area (Å²) in [5, 5.41) is 3.98. The van der Waals surface area contributed by atoms with Crippen LogP contribution in [0.2, 0.25) is 0 Å². The van der Waals surface area contributed by atoms with E-state index < -0.39 is 0 Å². The Hall–Kier alpha value is -0.940. The molecule has 5 heteroatoms. The Kier molecular flexibility index (Phi) is 4.12. The minimum Gasteiger partial charge on any atom is -0.377 e. The number of nitrogens with two attached hydrogens (primary N) is 1. The molecule has 17 heavy (non-hydrogen) atoms. The van der Waals surface area contributed by atoms with Crippen LogP contribution in [0.3, 0.4) is 0 Å². The monoisotopic (exact) mass is 239 g/mol. The molecule has 0 spiro atoms. The molecule has 0 saturated carbocycles. The zero-order valence-electron chi connectivity index (χ0n) is 10.6. The number of hydrogen-bond donors (Lipinski definition) is 1. The minimum atomic E-state index is -0.111. The Balaban J connectivity index is 2.07. The van der Waals surface area contributed by atoms with E-state index in [4.69, 9.17) is 15.0 Å². The summed E-state index contributed by atoms with van der Waals surface area (Å²) < 4.78 is 11.0. The van der Waals surface area contributed by atoms with Crippen LogP contribution in [0.1, 0.15) is 63.2 Å². The summed E-state index contributed by atoms with van der Waals surface area (Å²) in [6.07, 6.45) is 4.06. The van der Waals surface area contributed by atoms with Crippen LogP contribution >= 0.6 is 0 Å². The lowest BCUT2D eigenvalue weighted by molar-refractivity contribution is 0.0953. The summed E-state index contributed by atoms with van der Waals surface area (Å²) in [6.45, 7) is 4.99. The second-order valence-corrected chi connectivity index (χ2v) is 4.60. The van der Waals surface area contributed by atoms with Crippen LogP contribution in [-0.2, 0) is 4.74 Å². The number of hydrogen-bond acceptors (Lipinski definition) is 5. The molecule has 3 unspecified atom stereocenters. The van der Waals surface area contributed by atoms with E-state index in [1.54, 1.807) is 0 Å². The molecule has 1 aromatic rings. The highest BCUT2D eigenvalue weighted by Crippen LogP contribution is 2.32. The van der Waals surface area contributed by atoms with E-state index in [0.29, 0.717) is 11.7 Å². The van der Waals surface area contributed by atoms with E-state index in [1.165, 1.54) is 0 Å². The second-order valence-electron chi connectivity index (χ2n) is 4.60. The van der Waals surface area contributed by atoms with Gasteiger partial charge in [0, 0.05) is 6.61 Å². The standard InChI is InChI=1S/C12H21N3O2/c1-3-5-9(13)11-14-12(17-15-11)8-6-7-16-10(8)4-2/h8-10H,3-7,13H2,1-2H3. The van der Waals surface area contributed by atoms with Gasteiger partial charge in [-0.25, -0.2) is 0 Å². The predicted octanol–water partition coefficient (Wildman–Crippen LogP) is 2.15. The molecule has 1 aliphatic rings. The second kappa shape index (κ2) is 5.60. The lowest BCUT2D eigenvalue weighted by Gasteiger charge is -2.11. The number of nitrogens with zero attached hydrogens (tertiary/aromatic N) is 2. The zero-order valence-corrected chi connectivity index (χ0v) is 10.6. The highest BCUT2D eigenvalue weighted by molar-refractivity contribution is 5.02. The van der Waals surface area contributed by atoms with Crippen LogP contribution in [-0.4, -0.2) is 22.9 Å². The van der Waals surface area contributed by atoms with E-state index in [9.17, 15) is 0 Å². The Labute approximate surface area is 102 Å². The summed E-state index contributed by atoms with van der Waals surface area (Å²) in [5.41, 5.74) is 5.97. The maximum Gasteiger partial charge on any atom is 0.232 e. The van der Waals surface area contributed by atoms with Crippen molar-refractivity contribution in [2.24, 2.45) is 5.73 Å². The first kappa shape index (κ1) is 12.5. The smallest absolute Gasteiger partial charge is 0.232 e. The molecule has 2 N–H and O–H groups in total. The first-order valence-electron chi connectivity index (χ1n) is 6.46. The van der Waals surface area contributed by atoms with Gasteiger partial charge in [-0.3, -0.25) is 0 Å². The first-order valence-corrected chi connectivity index (χ1v) is 6.46. The van der Waals surface area contributed by atoms with E-state index in [1.807, 2.05) is 0 Å². The van der Waals surface area contributed by atoms with Gasteiger partial charge in [-0.2, -0.15) is 4.98 Å². The summed E-state index contributed by atoms with van der Waals surface area (Å²) in [4.78, 5) is 4.43. The number of ether oxygens (including phenoxy) is 1. The number of aromatic nitrogens is 2. The van der Waals surface area contributed by atoms with Gasteiger partial charge in [-0.05, 0) is 19.3 Å². The van der Waals surface area contributed by atoms with Gasteiger partial charge < -0.3 is 15.0 Å². The molecule has 5 nitrogen and oxygen atoms in total. The van der Waals surface area contributed by atoms with Crippen molar-refractivity contribution in [3.63, 3.8) is 0 Å². The van der Waals surface area contributed by atoms with Gasteiger partial charge in [0.15, 0.2) is 5.82 Å². The van der Waals surface area contributed by atoms with Gasteiger partial charge in [0.1, 0.15) is 0 Å². The third kappa shape index (κ3) is 2.66. The molecule has 0 amide bonds. The largest absolute Gasteiger partial charge is 0.377 e. The highest BCUT2D eigenvalue weighted by atomic mass is 16.5. The number of rotatable bonds is 5. The molecular weight excluding hydrogens is 218 g/mol. The van der Waals surface area contributed by atoms with Crippen molar-refractivity contribution in [3.05, 3.63) is 11.7 Å². The van der Waals surface area contributed by atoms with E-state index in [0.717, 1.165) is 32.3 Å². The van der Waals surface area contributed by atoms with E-state index >= 15 is 0 Å². The quantitative estimate of drug-likeness (QED) is 0.852. The molecule has 0 aliphatic carbocycles. The summed E-state index contributed by atoms with van der Waals surface area (Å²) in [7, 11) is 0. The van der Waals surface area contributed by atoms with Gasteiger partial charge in [0.2, 0.25) is 5.89 Å². The maximum absolute atomic E-state index is 5.97. The Bertz CT molecular complexity index is 353. The fourth-order valence-corrected chi connectivity index (χ4v) is 2.32. The summed E-state index contributed by atoms with van der Waals surface area (Å²) in [5.74, 6) is 1.56. The lowest BCUT2D eigenvalue weighted by Crippen LogP contribution is -2.14. The van der Waals surface area contributed by atoms with Gasteiger partial charge >= 0.3 is 0 Å². The Morgan fingerprint density at radius 2 is 2.29 bits per heavy atom. The first-order chi connectivity index (χ1) is 8.26. The van der Waals surface area contributed by atoms with Crippen molar-refractivity contribution in [1.29, 1.82) is 0 Å². The third-order valence-corrected chi connectivity index (χ3v) is 3.32. The van der Waals surface area contributed by atoms with Crippen LogP contribution in [0.25, 0.3) is 0 Å². The van der Waals surface area contributed by atoms with Gasteiger partial charge in [0.05, 0.1) is 18.1 Å². The van der Waals surface area contributed by atoms with Gasteiger partial charge in [-0.1, -0.05) is 25.4 Å². The fraction of sp³-hybridized carbons (Fsp3) is 0.833. The SMILES string of the molecule is CCCC(N)c1noc(C2CCOC2CC)n1. The van der Waals surface area contributed by atoms with Crippen molar-refractivity contribution in [1.82, 2.24) is 10.1 Å². The summed E-state index contributed by atoms with van der Waals surface area (Å²) >= 11 is 0. The highest BCUT2D eigenvalue weighted by Gasteiger charge is 2.33. The van der Waals surface area contributed by atoms with Gasteiger partial charge in [0.25, 0.3) is 0 Å². The van der Waals surface area contributed by atoms with Crippen molar-refractivity contribution >= 4 is 0 Å². The van der Waals surface area contributed by atoms with Gasteiger partial charge in [-0.15, -0.1) is 0 Å². The normalized spacial score (nSPS) is 26.3.